The molecule has 168 valence electrons. The number of fused-ring (bicyclic) bond motifs is 1. The first-order chi connectivity index (χ1) is 15.2. The number of para-hydroxylation sites is 1. The van der Waals surface area contributed by atoms with Crippen LogP contribution < -0.4 is 10.6 Å². The highest BCUT2D eigenvalue weighted by atomic mass is 16.5. The third kappa shape index (κ3) is 5.75. The van der Waals surface area contributed by atoms with Crippen molar-refractivity contribution in [2.75, 3.05) is 6.61 Å². The van der Waals surface area contributed by atoms with Crippen LogP contribution in [0.2, 0.25) is 0 Å². The summed E-state index contributed by atoms with van der Waals surface area (Å²) >= 11 is 0. The Kier molecular flexibility index (Phi) is 7.30. The lowest BCUT2D eigenvalue weighted by atomic mass is 10.0. The van der Waals surface area contributed by atoms with Crippen LogP contribution in [-0.4, -0.2) is 30.4 Å². The van der Waals surface area contributed by atoms with Crippen molar-refractivity contribution in [1.82, 2.24) is 10.6 Å². The summed E-state index contributed by atoms with van der Waals surface area (Å²) in [7, 11) is 0. The van der Waals surface area contributed by atoms with E-state index in [4.69, 9.17) is 9.15 Å². The normalized spacial score (nSPS) is 12.9. The number of hydrogen-bond acceptors (Lipinski definition) is 5. The van der Waals surface area contributed by atoms with E-state index in [-0.39, 0.29) is 11.8 Å². The summed E-state index contributed by atoms with van der Waals surface area (Å²) in [6, 6.07) is 15.2. The third-order valence-corrected chi connectivity index (χ3v) is 5.08. The van der Waals surface area contributed by atoms with E-state index in [9.17, 15) is 14.4 Å². The van der Waals surface area contributed by atoms with Crippen molar-refractivity contribution in [2.24, 2.45) is 5.92 Å². The molecule has 7 nitrogen and oxygen atoms in total. The maximum absolute atomic E-state index is 12.6. The molecule has 2 amide bonds. The Morgan fingerprint density at radius 2 is 1.72 bits per heavy atom. The van der Waals surface area contributed by atoms with E-state index in [2.05, 4.69) is 10.6 Å². The second-order valence-corrected chi connectivity index (χ2v) is 8.15. The molecule has 0 aliphatic carbocycles. The van der Waals surface area contributed by atoms with Crippen molar-refractivity contribution in [1.29, 1.82) is 0 Å². The SMILES string of the molecule is Cc1cccc(C(=O)N[C@@H](C(=O)OCC(=O)N[C@@H](C)c2cc3ccccc3o2)C(C)C)c1. The smallest absolute Gasteiger partial charge is 0.329 e. The zero-order valence-corrected chi connectivity index (χ0v) is 18.7. The summed E-state index contributed by atoms with van der Waals surface area (Å²) in [6.45, 7) is 6.82. The fourth-order valence-corrected chi connectivity index (χ4v) is 3.31. The number of rotatable bonds is 8. The number of ether oxygens (including phenoxy) is 1. The molecule has 2 aromatic carbocycles. The number of carbonyl (C=O) groups excluding carboxylic acids is 3. The minimum atomic E-state index is -0.872. The quantitative estimate of drug-likeness (QED) is 0.522. The van der Waals surface area contributed by atoms with Gasteiger partial charge in [-0.2, -0.15) is 0 Å². The predicted octanol–water partition coefficient (Wildman–Crippen LogP) is 3.92. The van der Waals surface area contributed by atoms with Crippen LogP contribution in [0.1, 0.15) is 48.5 Å². The number of amides is 2. The Hall–Kier alpha value is -3.61. The van der Waals surface area contributed by atoms with Gasteiger partial charge in [-0.1, -0.05) is 49.7 Å². The minimum absolute atomic E-state index is 0.214. The highest BCUT2D eigenvalue weighted by molar-refractivity contribution is 5.97. The van der Waals surface area contributed by atoms with Crippen LogP contribution in [0.4, 0.5) is 0 Å². The maximum atomic E-state index is 12.6. The Morgan fingerprint density at radius 3 is 2.41 bits per heavy atom. The number of benzene rings is 2. The van der Waals surface area contributed by atoms with E-state index < -0.39 is 30.6 Å². The third-order valence-electron chi connectivity index (χ3n) is 5.08. The van der Waals surface area contributed by atoms with E-state index in [1.54, 1.807) is 39.0 Å². The van der Waals surface area contributed by atoms with Crippen LogP contribution >= 0.6 is 0 Å². The van der Waals surface area contributed by atoms with Crippen molar-refractivity contribution in [3.05, 3.63) is 71.5 Å². The average Bonchev–Trinajstić information content (AvgIpc) is 3.20. The van der Waals surface area contributed by atoms with E-state index >= 15 is 0 Å². The predicted molar refractivity (Wildman–Crippen MR) is 121 cm³/mol. The maximum Gasteiger partial charge on any atom is 0.329 e. The second kappa shape index (κ2) is 10.1. The number of hydrogen-bond donors (Lipinski definition) is 2. The molecule has 0 fully saturated rings. The molecular weight excluding hydrogens is 408 g/mol. The van der Waals surface area contributed by atoms with E-state index in [1.807, 2.05) is 43.3 Å². The summed E-state index contributed by atoms with van der Waals surface area (Å²) in [5.41, 5.74) is 2.14. The van der Waals surface area contributed by atoms with Gasteiger partial charge in [0.05, 0.1) is 6.04 Å². The van der Waals surface area contributed by atoms with Crippen LogP contribution in [0.15, 0.2) is 59.0 Å². The molecule has 0 bridgehead atoms. The number of esters is 1. The highest BCUT2D eigenvalue weighted by Crippen LogP contribution is 2.23. The molecule has 1 heterocycles. The highest BCUT2D eigenvalue weighted by Gasteiger charge is 2.27. The molecule has 2 atom stereocenters. The monoisotopic (exact) mass is 436 g/mol. The second-order valence-electron chi connectivity index (χ2n) is 8.15. The van der Waals surface area contributed by atoms with E-state index in [0.717, 1.165) is 16.5 Å². The Labute approximate surface area is 187 Å². The standard InChI is InChI=1S/C25H28N2O5/c1-15(2)23(27-24(29)19-10-7-8-16(3)12-19)25(30)31-14-22(28)26-17(4)21-13-18-9-5-6-11-20(18)32-21/h5-13,15,17,23H,14H2,1-4H3,(H,26,28)(H,27,29)/t17-,23+/m0/s1. The van der Waals surface area contributed by atoms with Crippen molar-refractivity contribution in [3.63, 3.8) is 0 Å². The van der Waals surface area contributed by atoms with Gasteiger partial charge in [-0.05, 0) is 44.0 Å². The lowest BCUT2D eigenvalue weighted by Crippen LogP contribution is -2.46. The molecule has 0 spiro atoms. The molecule has 7 heteroatoms. The molecule has 2 N–H and O–H groups in total. The van der Waals surface area contributed by atoms with Gasteiger partial charge in [0, 0.05) is 10.9 Å². The largest absolute Gasteiger partial charge is 0.459 e. The van der Waals surface area contributed by atoms with Gasteiger partial charge >= 0.3 is 5.97 Å². The molecule has 0 aliphatic rings. The first-order valence-corrected chi connectivity index (χ1v) is 10.6. The Morgan fingerprint density at radius 1 is 0.969 bits per heavy atom. The Balaban J connectivity index is 1.54. The molecule has 1 aromatic heterocycles. The first kappa shape index (κ1) is 23.1. The van der Waals surface area contributed by atoms with Gasteiger partial charge in [-0.15, -0.1) is 0 Å². The van der Waals surface area contributed by atoms with Gasteiger partial charge in [0.2, 0.25) is 0 Å². The lowest BCUT2D eigenvalue weighted by molar-refractivity contribution is -0.151. The minimum Gasteiger partial charge on any atom is -0.459 e. The summed E-state index contributed by atoms with van der Waals surface area (Å²) in [5.74, 6) is -1.09. The zero-order chi connectivity index (χ0) is 23.3. The first-order valence-electron chi connectivity index (χ1n) is 10.6. The van der Waals surface area contributed by atoms with E-state index in [1.165, 1.54) is 0 Å². The van der Waals surface area contributed by atoms with Crippen molar-refractivity contribution >= 4 is 28.8 Å². The molecule has 32 heavy (non-hydrogen) atoms. The van der Waals surface area contributed by atoms with Crippen LogP contribution in [0.25, 0.3) is 11.0 Å². The van der Waals surface area contributed by atoms with Gasteiger partial charge in [-0.25, -0.2) is 4.79 Å². The van der Waals surface area contributed by atoms with Crippen LogP contribution in [0, 0.1) is 12.8 Å². The Bertz CT molecular complexity index is 1090. The van der Waals surface area contributed by atoms with Crippen molar-refractivity contribution in [3.8, 4) is 0 Å². The molecular formula is C25H28N2O5. The van der Waals surface area contributed by atoms with Gasteiger partial charge in [0.25, 0.3) is 11.8 Å². The fourth-order valence-electron chi connectivity index (χ4n) is 3.31. The number of nitrogens with one attached hydrogen (secondary N) is 2. The molecule has 0 aliphatic heterocycles. The molecule has 0 saturated heterocycles. The lowest BCUT2D eigenvalue weighted by Gasteiger charge is -2.21. The summed E-state index contributed by atoms with van der Waals surface area (Å²) in [6.07, 6.45) is 0. The van der Waals surface area contributed by atoms with Crippen LogP contribution in [-0.2, 0) is 14.3 Å². The molecule has 3 aromatic rings. The average molecular weight is 437 g/mol. The molecule has 0 unspecified atom stereocenters. The summed E-state index contributed by atoms with van der Waals surface area (Å²) in [4.78, 5) is 37.4. The van der Waals surface area contributed by atoms with Crippen LogP contribution in [0.3, 0.4) is 0 Å². The van der Waals surface area contributed by atoms with Gasteiger partial charge in [0.1, 0.15) is 17.4 Å². The van der Waals surface area contributed by atoms with E-state index in [0.29, 0.717) is 11.3 Å². The molecule has 3 rings (SSSR count). The number of furan rings is 1. The van der Waals surface area contributed by atoms with Gasteiger partial charge in [0.15, 0.2) is 6.61 Å². The summed E-state index contributed by atoms with van der Waals surface area (Å²) < 4.78 is 10.9. The number of carbonyl (C=O) groups is 3. The fraction of sp³-hybridized carbons (Fsp3) is 0.320. The topological polar surface area (TPSA) is 97.6 Å². The zero-order valence-electron chi connectivity index (χ0n) is 18.7. The van der Waals surface area contributed by atoms with Crippen molar-refractivity contribution in [2.45, 2.75) is 39.8 Å². The van der Waals surface area contributed by atoms with Gasteiger partial charge < -0.3 is 19.8 Å². The molecule has 0 saturated carbocycles. The molecule has 0 radical (unpaired) electrons. The van der Waals surface area contributed by atoms with Crippen LogP contribution in [0.5, 0.6) is 0 Å². The van der Waals surface area contributed by atoms with Crippen molar-refractivity contribution < 1.29 is 23.5 Å². The van der Waals surface area contributed by atoms with Gasteiger partial charge in [-0.3, -0.25) is 9.59 Å². The summed E-state index contributed by atoms with van der Waals surface area (Å²) in [5, 5.41) is 6.40. The number of aryl methyl sites for hydroxylation is 1.